The second kappa shape index (κ2) is 5.44. The maximum Gasteiger partial charge on any atom is 0.337 e. The van der Waals surface area contributed by atoms with Crippen molar-refractivity contribution in [1.82, 2.24) is 0 Å². The maximum absolute atomic E-state index is 11.7. The van der Waals surface area contributed by atoms with E-state index in [0.29, 0.717) is 5.56 Å². The van der Waals surface area contributed by atoms with Gasteiger partial charge < -0.3 is 9.47 Å². The zero-order valence-electron chi connectivity index (χ0n) is 12.0. The van der Waals surface area contributed by atoms with Crippen LogP contribution in [0.3, 0.4) is 0 Å². The number of methoxy groups -OCH3 is 1. The first-order valence-electron chi connectivity index (χ1n) is 6.85. The summed E-state index contributed by atoms with van der Waals surface area (Å²) in [5.74, 6) is 0.445. The molecule has 1 unspecified atom stereocenters. The highest BCUT2D eigenvalue weighted by Crippen LogP contribution is 2.36. The smallest absolute Gasteiger partial charge is 0.337 e. The van der Waals surface area contributed by atoms with Gasteiger partial charge in [0, 0.05) is 5.56 Å². The van der Waals surface area contributed by atoms with E-state index in [1.807, 2.05) is 37.3 Å². The molecule has 0 saturated carbocycles. The van der Waals surface area contributed by atoms with E-state index in [1.165, 1.54) is 7.11 Å². The minimum Gasteiger partial charge on any atom is -0.486 e. The highest BCUT2D eigenvalue weighted by atomic mass is 16.5. The molecule has 2 aromatic rings. The Morgan fingerprint density at radius 3 is 2.62 bits per heavy atom. The average molecular weight is 280 g/mol. The Hall–Kier alpha value is -2.55. The lowest BCUT2D eigenvalue weighted by atomic mass is 9.92. The molecule has 106 valence electrons. The molecular weight excluding hydrogens is 264 g/mol. The highest BCUT2D eigenvalue weighted by molar-refractivity contribution is 5.93. The van der Waals surface area contributed by atoms with E-state index in [4.69, 9.17) is 9.47 Å². The summed E-state index contributed by atoms with van der Waals surface area (Å²) in [5, 5.41) is 0. The summed E-state index contributed by atoms with van der Waals surface area (Å²) in [5.41, 5.74) is 3.63. The Balaban J connectivity index is 2.13. The molecule has 3 nitrogen and oxygen atoms in total. The topological polar surface area (TPSA) is 35.5 Å². The summed E-state index contributed by atoms with van der Waals surface area (Å²) in [6.07, 6.45) is 2.07. The van der Waals surface area contributed by atoms with Crippen LogP contribution in [0.15, 0.2) is 54.6 Å². The first kappa shape index (κ1) is 13.4. The highest BCUT2D eigenvalue weighted by Gasteiger charge is 2.21. The first-order valence-corrected chi connectivity index (χ1v) is 6.85. The average Bonchev–Trinajstić information content (AvgIpc) is 2.53. The van der Waals surface area contributed by atoms with Gasteiger partial charge in [0.2, 0.25) is 0 Å². The molecule has 2 aromatic carbocycles. The lowest BCUT2D eigenvalue weighted by Gasteiger charge is -2.24. The van der Waals surface area contributed by atoms with Crippen molar-refractivity contribution in [3.05, 3.63) is 71.3 Å². The number of rotatable bonds is 2. The predicted octanol–water partition coefficient (Wildman–Crippen LogP) is 3.69. The molecule has 1 aliphatic rings. The minimum absolute atomic E-state index is 0.00307. The number of esters is 1. The molecule has 21 heavy (non-hydrogen) atoms. The third-order valence-electron chi connectivity index (χ3n) is 3.49. The molecule has 3 rings (SSSR count). The van der Waals surface area contributed by atoms with Crippen LogP contribution < -0.4 is 4.74 Å². The molecule has 3 heteroatoms. The van der Waals surface area contributed by atoms with Crippen LogP contribution in [0.25, 0.3) is 5.57 Å². The molecule has 0 bridgehead atoms. The molecule has 0 amide bonds. The fraction of sp³-hybridized carbons (Fsp3) is 0.167. The van der Waals surface area contributed by atoms with E-state index in [2.05, 4.69) is 18.2 Å². The normalized spacial score (nSPS) is 16.5. The number of carbonyl (C=O) groups is 1. The van der Waals surface area contributed by atoms with E-state index >= 15 is 0 Å². The number of hydrogen-bond donors (Lipinski definition) is 0. The summed E-state index contributed by atoms with van der Waals surface area (Å²) >= 11 is 0. The van der Waals surface area contributed by atoms with Crippen LogP contribution >= 0.6 is 0 Å². The van der Waals surface area contributed by atoms with Crippen LogP contribution in [0.2, 0.25) is 0 Å². The molecule has 1 heterocycles. The number of hydrogen-bond acceptors (Lipinski definition) is 3. The molecule has 1 atom stereocenters. The summed E-state index contributed by atoms with van der Waals surface area (Å²) in [6.45, 7) is 2.00. The molecular formula is C18H16O3. The molecule has 1 aliphatic heterocycles. The number of fused-ring (bicyclic) bond motifs is 1. The van der Waals surface area contributed by atoms with Gasteiger partial charge in [-0.05, 0) is 42.3 Å². The van der Waals surface area contributed by atoms with Gasteiger partial charge in [-0.1, -0.05) is 30.3 Å². The Kier molecular flexibility index (Phi) is 3.48. The largest absolute Gasteiger partial charge is 0.486 e. The van der Waals surface area contributed by atoms with Crippen LogP contribution in [-0.4, -0.2) is 19.2 Å². The van der Waals surface area contributed by atoms with Crippen molar-refractivity contribution in [1.29, 1.82) is 0 Å². The third kappa shape index (κ3) is 2.55. The van der Waals surface area contributed by atoms with E-state index in [1.54, 1.807) is 6.07 Å². The first-order chi connectivity index (χ1) is 10.2. The van der Waals surface area contributed by atoms with Crippen molar-refractivity contribution in [2.24, 2.45) is 0 Å². The summed E-state index contributed by atoms with van der Waals surface area (Å²) in [4.78, 5) is 11.7. The quantitative estimate of drug-likeness (QED) is 0.787. The van der Waals surface area contributed by atoms with Crippen molar-refractivity contribution in [3.8, 4) is 5.75 Å². The van der Waals surface area contributed by atoms with Crippen LogP contribution in [0.4, 0.5) is 0 Å². The Labute approximate surface area is 123 Å². The molecule has 0 aromatic heterocycles. The Morgan fingerprint density at radius 1 is 1.14 bits per heavy atom. The van der Waals surface area contributed by atoms with Crippen molar-refractivity contribution >= 4 is 11.5 Å². The van der Waals surface area contributed by atoms with Gasteiger partial charge in [0.15, 0.2) is 0 Å². The number of ether oxygens (including phenoxy) is 2. The predicted molar refractivity (Wildman–Crippen MR) is 81.4 cm³/mol. The van der Waals surface area contributed by atoms with Crippen molar-refractivity contribution in [2.45, 2.75) is 13.0 Å². The van der Waals surface area contributed by atoms with Gasteiger partial charge >= 0.3 is 5.97 Å². The monoisotopic (exact) mass is 280 g/mol. The number of carbonyl (C=O) groups excluding carboxylic acids is 1. The molecule has 0 fully saturated rings. The Bertz CT molecular complexity index is 702. The molecule has 0 radical (unpaired) electrons. The van der Waals surface area contributed by atoms with Gasteiger partial charge in [0.1, 0.15) is 11.9 Å². The maximum atomic E-state index is 11.7. The standard InChI is InChI=1S/C18H16O3/c1-12-10-15(13-6-4-3-5-7-13)16-11-14(18(19)20-2)8-9-17(16)21-12/h3-12H,1-2H3. The van der Waals surface area contributed by atoms with Gasteiger partial charge in [-0.25, -0.2) is 4.79 Å². The van der Waals surface area contributed by atoms with Crippen molar-refractivity contribution < 1.29 is 14.3 Å². The molecule has 0 aliphatic carbocycles. The second-order valence-corrected chi connectivity index (χ2v) is 4.97. The van der Waals surface area contributed by atoms with Gasteiger partial charge in [0.05, 0.1) is 12.7 Å². The lowest BCUT2D eigenvalue weighted by Crippen LogP contribution is -2.16. The summed E-state index contributed by atoms with van der Waals surface area (Å²) in [7, 11) is 1.38. The number of benzene rings is 2. The van der Waals surface area contributed by atoms with E-state index in [0.717, 1.165) is 22.4 Å². The fourth-order valence-corrected chi connectivity index (χ4v) is 2.52. The van der Waals surface area contributed by atoms with Gasteiger partial charge in [-0.2, -0.15) is 0 Å². The Morgan fingerprint density at radius 2 is 1.90 bits per heavy atom. The van der Waals surface area contributed by atoms with E-state index < -0.39 is 0 Å². The van der Waals surface area contributed by atoms with Crippen LogP contribution in [0.1, 0.15) is 28.4 Å². The van der Waals surface area contributed by atoms with Gasteiger partial charge in [-0.3, -0.25) is 0 Å². The second-order valence-electron chi connectivity index (χ2n) is 4.97. The van der Waals surface area contributed by atoms with Crippen molar-refractivity contribution in [2.75, 3.05) is 7.11 Å². The van der Waals surface area contributed by atoms with Crippen LogP contribution in [-0.2, 0) is 4.74 Å². The molecule has 0 saturated heterocycles. The summed E-state index contributed by atoms with van der Waals surface area (Å²) in [6, 6.07) is 15.5. The zero-order valence-corrected chi connectivity index (χ0v) is 12.0. The van der Waals surface area contributed by atoms with Gasteiger partial charge in [-0.15, -0.1) is 0 Å². The zero-order chi connectivity index (χ0) is 14.8. The fourth-order valence-electron chi connectivity index (χ4n) is 2.52. The SMILES string of the molecule is COC(=O)c1ccc2c(c1)C(c1ccccc1)=CC(C)O2. The van der Waals surface area contributed by atoms with E-state index in [-0.39, 0.29) is 12.1 Å². The third-order valence-corrected chi connectivity index (χ3v) is 3.49. The molecule has 0 spiro atoms. The van der Waals surface area contributed by atoms with Crippen molar-refractivity contribution in [3.63, 3.8) is 0 Å². The molecule has 0 N–H and O–H groups in total. The van der Waals surface area contributed by atoms with E-state index in [9.17, 15) is 4.79 Å². The van der Waals surface area contributed by atoms with Gasteiger partial charge in [0.25, 0.3) is 0 Å². The van der Waals surface area contributed by atoms with Crippen LogP contribution in [0.5, 0.6) is 5.75 Å². The summed E-state index contributed by atoms with van der Waals surface area (Å²) < 4.78 is 10.6. The minimum atomic E-state index is -0.344. The lowest BCUT2D eigenvalue weighted by molar-refractivity contribution is 0.0600. The van der Waals surface area contributed by atoms with Crippen LogP contribution in [0, 0.1) is 0 Å².